The van der Waals surface area contributed by atoms with Crippen molar-refractivity contribution >= 4 is 23.4 Å². The van der Waals surface area contributed by atoms with E-state index >= 15 is 0 Å². The fraction of sp³-hybridized carbons (Fsp3) is 0.474. The molecule has 24 heavy (non-hydrogen) atoms. The van der Waals surface area contributed by atoms with Crippen LogP contribution in [0.4, 0.5) is 0 Å². The summed E-state index contributed by atoms with van der Waals surface area (Å²) in [6.07, 6.45) is 3.67. The molecule has 1 saturated carbocycles. The van der Waals surface area contributed by atoms with E-state index in [0.717, 1.165) is 16.2 Å². The Morgan fingerprint density at radius 2 is 1.75 bits per heavy atom. The van der Waals surface area contributed by atoms with Gasteiger partial charge in [0.15, 0.2) is 0 Å². The Kier molecular flexibility index (Phi) is 3.64. The van der Waals surface area contributed by atoms with Crippen molar-refractivity contribution in [1.82, 2.24) is 5.32 Å². The highest BCUT2D eigenvalue weighted by molar-refractivity contribution is 6.65. The SMILES string of the molecule is CC1(C)OB(c2ccc(O)c3ccccc23)OC1(C)NC1CCC1. The third kappa shape index (κ3) is 2.43. The fourth-order valence-corrected chi connectivity index (χ4v) is 3.55. The molecule has 2 N–H and O–H groups in total. The lowest BCUT2D eigenvalue weighted by atomic mass is 9.76. The van der Waals surface area contributed by atoms with Crippen LogP contribution in [0.1, 0.15) is 40.0 Å². The molecule has 4 nitrogen and oxygen atoms in total. The second-order valence-corrected chi connectivity index (χ2v) is 7.60. The van der Waals surface area contributed by atoms with E-state index in [-0.39, 0.29) is 5.75 Å². The first-order valence-electron chi connectivity index (χ1n) is 8.74. The number of benzene rings is 2. The van der Waals surface area contributed by atoms with E-state index in [4.69, 9.17) is 9.31 Å². The second-order valence-electron chi connectivity index (χ2n) is 7.60. The lowest BCUT2D eigenvalue weighted by Crippen LogP contribution is -2.60. The van der Waals surface area contributed by atoms with E-state index in [1.54, 1.807) is 6.07 Å². The number of nitrogens with one attached hydrogen (secondary N) is 1. The first-order chi connectivity index (χ1) is 11.4. The van der Waals surface area contributed by atoms with Gasteiger partial charge >= 0.3 is 7.12 Å². The van der Waals surface area contributed by atoms with Crippen LogP contribution in [0, 0.1) is 0 Å². The smallest absolute Gasteiger partial charge is 0.496 e. The third-order valence-electron chi connectivity index (χ3n) is 5.67. The summed E-state index contributed by atoms with van der Waals surface area (Å²) in [6.45, 7) is 6.22. The normalized spacial score (nSPS) is 26.7. The minimum Gasteiger partial charge on any atom is -0.507 e. The van der Waals surface area contributed by atoms with Gasteiger partial charge in [-0.25, -0.2) is 0 Å². The molecule has 0 radical (unpaired) electrons. The van der Waals surface area contributed by atoms with E-state index < -0.39 is 18.4 Å². The van der Waals surface area contributed by atoms with Crippen molar-refractivity contribution in [3.63, 3.8) is 0 Å². The molecule has 2 fully saturated rings. The van der Waals surface area contributed by atoms with Gasteiger partial charge in [0.2, 0.25) is 0 Å². The highest BCUT2D eigenvalue weighted by Crippen LogP contribution is 2.38. The number of rotatable bonds is 3. The summed E-state index contributed by atoms with van der Waals surface area (Å²) in [4.78, 5) is 0. The van der Waals surface area contributed by atoms with Gasteiger partial charge in [0.1, 0.15) is 11.5 Å². The van der Waals surface area contributed by atoms with E-state index in [2.05, 4.69) is 26.1 Å². The Morgan fingerprint density at radius 3 is 2.42 bits per heavy atom. The first-order valence-corrected chi connectivity index (χ1v) is 8.74. The Morgan fingerprint density at radius 1 is 1.04 bits per heavy atom. The maximum Gasteiger partial charge on any atom is 0.496 e. The number of hydrogen-bond acceptors (Lipinski definition) is 4. The standard InChI is InChI=1S/C19H24BNO3/c1-18(2)19(3,21-13-7-6-8-13)24-20(23-18)16-11-12-17(22)15-10-5-4-9-14(15)16/h4-5,9-13,21-22H,6-8H2,1-3H3. The van der Waals surface area contributed by atoms with Crippen molar-refractivity contribution in [3.8, 4) is 5.75 Å². The van der Waals surface area contributed by atoms with Gasteiger partial charge in [-0.15, -0.1) is 0 Å². The van der Waals surface area contributed by atoms with Gasteiger partial charge in [0, 0.05) is 11.4 Å². The van der Waals surface area contributed by atoms with Crippen molar-refractivity contribution in [3.05, 3.63) is 36.4 Å². The average Bonchev–Trinajstić information content (AvgIpc) is 2.74. The molecule has 2 aromatic rings. The number of fused-ring (bicyclic) bond motifs is 1. The van der Waals surface area contributed by atoms with Gasteiger partial charge in [0.05, 0.1) is 5.60 Å². The summed E-state index contributed by atoms with van der Waals surface area (Å²) >= 11 is 0. The Bertz CT molecular complexity index is 774. The molecule has 0 bridgehead atoms. The molecule has 126 valence electrons. The number of hydrogen-bond donors (Lipinski definition) is 2. The first kappa shape index (κ1) is 15.9. The Balaban J connectivity index is 1.70. The highest BCUT2D eigenvalue weighted by atomic mass is 16.7. The molecule has 1 saturated heterocycles. The molecule has 1 unspecified atom stereocenters. The van der Waals surface area contributed by atoms with Crippen LogP contribution in [-0.2, 0) is 9.31 Å². The van der Waals surface area contributed by atoms with Crippen LogP contribution in [0.2, 0.25) is 0 Å². The molecule has 1 aliphatic carbocycles. The average molecular weight is 325 g/mol. The molecular weight excluding hydrogens is 301 g/mol. The molecule has 5 heteroatoms. The molecule has 1 heterocycles. The van der Waals surface area contributed by atoms with Gasteiger partial charge in [-0.3, -0.25) is 5.32 Å². The summed E-state index contributed by atoms with van der Waals surface area (Å²) in [5, 5.41) is 15.5. The molecule has 0 aromatic heterocycles. The third-order valence-corrected chi connectivity index (χ3v) is 5.67. The van der Waals surface area contributed by atoms with Crippen molar-refractivity contribution in [2.75, 3.05) is 0 Å². The minimum absolute atomic E-state index is 0.280. The predicted molar refractivity (Wildman–Crippen MR) is 96.4 cm³/mol. The second kappa shape index (κ2) is 5.48. The fourth-order valence-electron chi connectivity index (χ4n) is 3.55. The lowest BCUT2D eigenvalue weighted by molar-refractivity contribution is -0.0509. The molecule has 2 aromatic carbocycles. The van der Waals surface area contributed by atoms with Gasteiger partial charge < -0.3 is 14.4 Å². The van der Waals surface area contributed by atoms with Gasteiger partial charge in [-0.2, -0.15) is 0 Å². The number of aromatic hydroxyl groups is 1. The van der Waals surface area contributed by atoms with E-state index in [9.17, 15) is 5.11 Å². The van der Waals surface area contributed by atoms with E-state index in [0.29, 0.717) is 6.04 Å². The van der Waals surface area contributed by atoms with E-state index in [1.807, 2.05) is 30.3 Å². The zero-order valence-corrected chi connectivity index (χ0v) is 14.5. The molecule has 1 atom stereocenters. The molecule has 0 amide bonds. The Labute approximate surface area is 143 Å². The molecule has 1 aliphatic heterocycles. The molecular formula is C19H24BNO3. The van der Waals surface area contributed by atoms with Crippen LogP contribution in [-0.4, -0.2) is 29.6 Å². The van der Waals surface area contributed by atoms with Crippen LogP contribution in [0.15, 0.2) is 36.4 Å². The van der Waals surface area contributed by atoms with Crippen molar-refractivity contribution in [1.29, 1.82) is 0 Å². The lowest BCUT2D eigenvalue weighted by Gasteiger charge is -2.42. The van der Waals surface area contributed by atoms with Gasteiger partial charge in [-0.1, -0.05) is 36.8 Å². The van der Waals surface area contributed by atoms with Crippen molar-refractivity contribution in [2.45, 2.75) is 57.4 Å². The van der Waals surface area contributed by atoms with Crippen LogP contribution < -0.4 is 10.8 Å². The summed E-state index contributed by atoms with van der Waals surface area (Å²) in [5.74, 6) is 0.280. The van der Waals surface area contributed by atoms with E-state index in [1.165, 1.54) is 19.3 Å². The van der Waals surface area contributed by atoms with Crippen molar-refractivity contribution < 1.29 is 14.4 Å². The maximum absolute atomic E-state index is 10.1. The summed E-state index contributed by atoms with van der Waals surface area (Å²) in [5.41, 5.74) is -0.0378. The van der Waals surface area contributed by atoms with Crippen molar-refractivity contribution in [2.24, 2.45) is 0 Å². The largest absolute Gasteiger partial charge is 0.507 e. The zero-order chi connectivity index (χ0) is 16.9. The number of phenols is 1. The summed E-state index contributed by atoms with van der Waals surface area (Å²) in [6, 6.07) is 11.9. The topological polar surface area (TPSA) is 50.7 Å². The highest BCUT2D eigenvalue weighted by Gasteiger charge is 2.55. The predicted octanol–water partition coefficient (Wildman–Crippen LogP) is 2.92. The molecule has 2 aliphatic rings. The van der Waals surface area contributed by atoms with Crippen LogP contribution >= 0.6 is 0 Å². The monoisotopic (exact) mass is 325 g/mol. The molecule has 4 rings (SSSR count). The van der Waals surface area contributed by atoms with Crippen LogP contribution in [0.25, 0.3) is 10.8 Å². The minimum atomic E-state index is -0.540. The quantitative estimate of drug-likeness (QED) is 0.852. The van der Waals surface area contributed by atoms with Crippen LogP contribution in [0.5, 0.6) is 5.75 Å². The Hall–Kier alpha value is -1.56. The van der Waals surface area contributed by atoms with Gasteiger partial charge in [0.25, 0.3) is 0 Å². The summed E-state index contributed by atoms with van der Waals surface area (Å²) in [7, 11) is -0.455. The van der Waals surface area contributed by atoms with Gasteiger partial charge in [-0.05, 0) is 50.5 Å². The number of phenolic OH excluding ortho intramolecular Hbond substituents is 1. The van der Waals surface area contributed by atoms with Crippen LogP contribution in [0.3, 0.4) is 0 Å². The maximum atomic E-state index is 10.1. The summed E-state index contributed by atoms with van der Waals surface area (Å²) < 4.78 is 12.7. The zero-order valence-electron chi connectivity index (χ0n) is 14.5. The molecule has 0 spiro atoms.